The summed E-state index contributed by atoms with van der Waals surface area (Å²) in [7, 11) is 0. The summed E-state index contributed by atoms with van der Waals surface area (Å²) in [6.45, 7) is 0. The number of anilines is 3. The molecule has 0 unspecified atom stereocenters. The third-order valence-electron chi connectivity index (χ3n) is 11.1. The molecule has 0 aliphatic heterocycles. The first-order chi connectivity index (χ1) is 28.3. The van der Waals surface area contributed by atoms with Gasteiger partial charge in [-0.25, -0.2) is 0 Å². The van der Waals surface area contributed by atoms with Crippen LogP contribution in [0.15, 0.2) is 237 Å². The van der Waals surface area contributed by atoms with Gasteiger partial charge in [-0.15, -0.1) is 0 Å². The maximum absolute atomic E-state index is 2.35. The van der Waals surface area contributed by atoms with Gasteiger partial charge in [-0.05, 0) is 120 Å². The van der Waals surface area contributed by atoms with Crippen LogP contribution in [0.2, 0.25) is 0 Å². The molecule has 0 atom stereocenters. The quantitative estimate of drug-likeness (QED) is 0.141. The summed E-state index contributed by atoms with van der Waals surface area (Å²) < 4.78 is 0. The predicted octanol–water partition coefficient (Wildman–Crippen LogP) is 15.8. The van der Waals surface area contributed by atoms with E-state index in [2.05, 4.69) is 241 Å². The van der Waals surface area contributed by atoms with Crippen molar-refractivity contribution in [3.63, 3.8) is 0 Å². The minimum absolute atomic E-state index is 1.10. The highest BCUT2D eigenvalue weighted by Gasteiger charge is 2.15. The molecule has 57 heavy (non-hydrogen) atoms. The molecule has 1 heteroatoms. The molecule has 268 valence electrons. The molecule has 0 aliphatic carbocycles. The molecule has 0 amide bonds. The van der Waals surface area contributed by atoms with Gasteiger partial charge in [-0.1, -0.05) is 194 Å². The van der Waals surface area contributed by atoms with Crippen LogP contribution in [-0.4, -0.2) is 0 Å². The van der Waals surface area contributed by atoms with Crippen molar-refractivity contribution < 1.29 is 0 Å². The van der Waals surface area contributed by atoms with Crippen LogP contribution in [0, 0.1) is 0 Å². The van der Waals surface area contributed by atoms with Crippen molar-refractivity contribution in [3.05, 3.63) is 237 Å². The minimum atomic E-state index is 1.10. The van der Waals surface area contributed by atoms with E-state index in [4.69, 9.17) is 0 Å². The van der Waals surface area contributed by atoms with Gasteiger partial charge < -0.3 is 4.90 Å². The Morgan fingerprint density at radius 3 is 1.09 bits per heavy atom. The van der Waals surface area contributed by atoms with Gasteiger partial charge in [0.1, 0.15) is 0 Å². The van der Waals surface area contributed by atoms with Crippen LogP contribution in [0.25, 0.3) is 77.2 Å². The largest absolute Gasteiger partial charge is 0.311 e. The number of hydrogen-bond acceptors (Lipinski definition) is 1. The standard InChI is InChI=1S/C56H39N/c1-3-13-40(14-4-1)42-27-33-48(34-28-42)57(50-37-31-45(32-38-50)52-19-10-9-18-51(52)44-15-5-2-6-16-44)49-35-29-43(30-36-49)41-23-25-46(26-24-41)56-39-47-17-7-8-20-53(47)54-21-11-12-22-55(54)56/h1-39H. The fourth-order valence-corrected chi connectivity index (χ4v) is 8.21. The average Bonchev–Trinajstić information content (AvgIpc) is 3.30. The zero-order chi connectivity index (χ0) is 38.0. The lowest BCUT2D eigenvalue weighted by Crippen LogP contribution is -2.09. The highest BCUT2D eigenvalue weighted by Crippen LogP contribution is 2.40. The smallest absolute Gasteiger partial charge is 0.0462 e. The first-order valence-electron chi connectivity index (χ1n) is 19.6. The van der Waals surface area contributed by atoms with Crippen molar-refractivity contribution in [1.82, 2.24) is 0 Å². The van der Waals surface area contributed by atoms with E-state index in [0.29, 0.717) is 0 Å². The molecular formula is C56H39N. The minimum Gasteiger partial charge on any atom is -0.311 e. The Balaban J connectivity index is 0.989. The van der Waals surface area contributed by atoms with Crippen molar-refractivity contribution >= 4 is 38.6 Å². The molecule has 0 fully saturated rings. The zero-order valence-corrected chi connectivity index (χ0v) is 31.5. The van der Waals surface area contributed by atoms with E-state index in [1.54, 1.807) is 0 Å². The van der Waals surface area contributed by atoms with Crippen molar-refractivity contribution in [2.75, 3.05) is 4.90 Å². The Hall–Kier alpha value is -7.48. The van der Waals surface area contributed by atoms with Crippen LogP contribution in [-0.2, 0) is 0 Å². The lowest BCUT2D eigenvalue weighted by Gasteiger charge is -2.26. The maximum Gasteiger partial charge on any atom is 0.0462 e. The van der Waals surface area contributed by atoms with Gasteiger partial charge in [0.25, 0.3) is 0 Å². The van der Waals surface area contributed by atoms with E-state index >= 15 is 0 Å². The number of fused-ring (bicyclic) bond motifs is 3. The lowest BCUT2D eigenvalue weighted by molar-refractivity contribution is 1.28. The normalized spacial score (nSPS) is 11.2. The summed E-state index contributed by atoms with van der Waals surface area (Å²) in [6.07, 6.45) is 0. The fraction of sp³-hybridized carbons (Fsp3) is 0. The van der Waals surface area contributed by atoms with Gasteiger partial charge in [0.05, 0.1) is 0 Å². The van der Waals surface area contributed by atoms with Crippen molar-refractivity contribution in [2.45, 2.75) is 0 Å². The van der Waals surface area contributed by atoms with E-state index in [0.717, 1.165) is 17.1 Å². The lowest BCUT2D eigenvalue weighted by atomic mass is 9.92. The molecular weight excluding hydrogens is 687 g/mol. The Labute approximate surface area is 334 Å². The summed E-state index contributed by atoms with van der Waals surface area (Å²) in [4.78, 5) is 2.35. The molecule has 0 saturated carbocycles. The second-order valence-corrected chi connectivity index (χ2v) is 14.5. The van der Waals surface area contributed by atoms with E-state index in [9.17, 15) is 0 Å². The maximum atomic E-state index is 2.35. The third-order valence-corrected chi connectivity index (χ3v) is 11.1. The number of hydrogen-bond donors (Lipinski definition) is 0. The van der Waals surface area contributed by atoms with Crippen molar-refractivity contribution in [3.8, 4) is 55.6 Å². The van der Waals surface area contributed by atoms with E-state index in [1.807, 2.05) is 0 Å². The van der Waals surface area contributed by atoms with E-state index in [1.165, 1.54) is 77.2 Å². The Kier molecular flexibility index (Phi) is 8.95. The Morgan fingerprint density at radius 1 is 0.211 bits per heavy atom. The first kappa shape index (κ1) is 34.0. The van der Waals surface area contributed by atoms with Crippen LogP contribution < -0.4 is 4.90 Å². The predicted molar refractivity (Wildman–Crippen MR) is 243 cm³/mol. The molecule has 0 radical (unpaired) electrons. The van der Waals surface area contributed by atoms with Crippen LogP contribution in [0.1, 0.15) is 0 Å². The molecule has 10 aromatic carbocycles. The van der Waals surface area contributed by atoms with Gasteiger partial charge in [-0.2, -0.15) is 0 Å². The number of rotatable bonds is 8. The van der Waals surface area contributed by atoms with Gasteiger partial charge in [0.15, 0.2) is 0 Å². The molecule has 10 aromatic rings. The Morgan fingerprint density at radius 2 is 0.544 bits per heavy atom. The SMILES string of the molecule is c1ccc(-c2ccc(N(c3ccc(-c4ccc(-c5cc6ccccc6c6ccccc56)cc4)cc3)c3ccc(-c4ccccc4-c4ccccc4)cc3)cc2)cc1. The zero-order valence-electron chi connectivity index (χ0n) is 31.5. The van der Waals surface area contributed by atoms with Crippen molar-refractivity contribution in [1.29, 1.82) is 0 Å². The second kappa shape index (κ2) is 15.0. The summed E-state index contributed by atoms with van der Waals surface area (Å²) >= 11 is 0. The first-order valence-corrected chi connectivity index (χ1v) is 19.6. The molecule has 0 heterocycles. The topological polar surface area (TPSA) is 3.24 Å². The molecule has 0 N–H and O–H groups in total. The third kappa shape index (κ3) is 6.66. The van der Waals surface area contributed by atoms with Gasteiger partial charge in [-0.3, -0.25) is 0 Å². The summed E-state index contributed by atoms with van der Waals surface area (Å²) in [5.74, 6) is 0. The van der Waals surface area contributed by atoms with E-state index in [-0.39, 0.29) is 0 Å². The van der Waals surface area contributed by atoms with E-state index < -0.39 is 0 Å². The molecule has 0 saturated heterocycles. The highest BCUT2D eigenvalue weighted by molar-refractivity contribution is 6.13. The summed E-state index contributed by atoms with van der Waals surface area (Å²) in [5, 5.41) is 5.12. The van der Waals surface area contributed by atoms with Crippen LogP contribution >= 0.6 is 0 Å². The molecule has 0 bridgehead atoms. The average molecular weight is 726 g/mol. The monoisotopic (exact) mass is 725 g/mol. The summed E-state index contributed by atoms with van der Waals surface area (Å²) in [6, 6.07) is 85.5. The van der Waals surface area contributed by atoms with Crippen LogP contribution in [0.5, 0.6) is 0 Å². The highest BCUT2D eigenvalue weighted by atomic mass is 15.1. The van der Waals surface area contributed by atoms with Gasteiger partial charge in [0.2, 0.25) is 0 Å². The second-order valence-electron chi connectivity index (χ2n) is 14.5. The van der Waals surface area contributed by atoms with Crippen molar-refractivity contribution in [2.24, 2.45) is 0 Å². The number of benzene rings is 10. The van der Waals surface area contributed by atoms with Crippen LogP contribution in [0.3, 0.4) is 0 Å². The molecule has 1 nitrogen and oxygen atoms in total. The van der Waals surface area contributed by atoms with Gasteiger partial charge in [0, 0.05) is 17.1 Å². The van der Waals surface area contributed by atoms with Gasteiger partial charge >= 0.3 is 0 Å². The Bertz CT molecular complexity index is 2950. The number of nitrogens with zero attached hydrogens (tertiary/aromatic N) is 1. The van der Waals surface area contributed by atoms with Crippen LogP contribution in [0.4, 0.5) is 17.1 Å². The molecule has 0 aliphatic rings. The fourth-order valence-electron chi connectivity index (χ4n) is 8.21. The molecule has 0 aromatic heterocycles. The molecule has 0 spiro atoms. The molecule has 10 rings (SSSR count). The summed E-state index contributed by atoms with van der Waals surface area (Å²) in [5.41, 5.74) is 15.4.